The van der Waals surface area contributed by atoms with Crippen LogP contribution < -0.4 is 0 Å². The molecule has 6 nitrogen and oxygen atoms in total. The van der Waals surface area contributed by atoms with E-state index in [1.807, 2.05) is 0 Å². The predicted octanol–water partition coefficient (Wildman–Crippen LogP) is 3.99. The summed E-state index contributed by atoms with van der Waals surface area (Å²) in [4.78, 5) is 24.1. The van der Waals surface area contributed by atoms with Crippen LogP contribution in [0, 0.1) is 10.1 Å². The van der Waals surface area contributed by atoms with Crippen molar-refractivity contribution in [2.75, 3.05) is 7.05 Å². The summed E-state index contributed by atoms with van der Waals surface area (Å²) in [5.41, 5.74) is 0.105. The number of amides is 1. The molecule has 0 aliphatic heterocycles. The summed E-state index contributed by atoms with van der Waals surface area (Å²) in [5.74, 6) is 0.275. The summed E-state index contributed by atoms with van der Waals surface area (Å²) in [6, 6.07) is 7.56. The van der Waals surface area contributed by atoms with E-state index in [2.05, 4.69) is 31.9 Å². The van der Waals surface area contributed by atoms with Crippen molar-refractivity contribution in [3.8, 4) is 0 Å². The molecule has 0 radical (unpaired) electrons. The molecule has 2 aromatic rings. The van der Waals surface area contributed by atoms with E-state index >= 15 is 0 Å². The molecule has 0 fully saturated rings. The van der Waals surface area contributed by atoms with Gasteiger partial charge in [-0.15, -0.1) is 0 Å². The second kappa shape index (κ2) is 6.40. The highest BCUT2D eigenvalue weighted by atomic mass is 79.9. The lowest BCUT2D eigenvalue weighted by molar-refractivity contribution is -0.384. The van der Waals surface area contributed by atoms with Gasteiger partial charge in [0.1, 0.15) is 5.76 Å². The van der Waals surface area contributed by atoms with Gasteiger partial charge >= 0.3 is 0 Å². The Bertz CT molecular complexity index is 699. The number of benzene rings is 1. The number of carbonyl (C=O) groups excluding carboxylic acids is 1. The summed E-state index contributed by atoms with van der Waals surface area (Å²) in [6.07, 6.45) is 0. The Morgan fingerprint density at radius 1 is 1.33 bits per heavy atom. The Morgan fingerprint density at radius 2 is 2.05 bits per heavy atom. The van der Waals surface area contributed by atoms with Crippen LogP contribution >= 0.6 is 31.9 Å². The molecule has 0 bridgehead atoms. The zero-order valence-corrected chi connectivity index (χ0v) is 14.0. The van der Waals surface area contributed by atoms with E-state index in [0.717, 1.165) is 0 Å². The number of nitro benzene ring substituents is 1. The minimum atomic E-state index is -0.535. The SMILES string of the molecule is CN(Cc1ccc(Br)o1)C(=O)c1cc([N+](=O)[O-])ccc1Br. The third-order valence-electron chi connectivity index (χ3n) is 2.76. The van der Waals surface area contributed by atoms with Crippen molar-refractivity contribution in [1.82, 2.24) is 4.90 Å². The number of nitrogens with zero attached hydrogens (tertiary/aromatic N) is 2. The van der Waals surface area contributed by atoms with Crippen LogP contribution in [-0.2, 0) is 6.54 Å². The Kier molecular flexibility index (Phi) is 4.79. The first-order chi connectivity index (χ1) is 9.88. The molecule has 0 aliphatic rings. The molecule has 0 unspecified atom stereocenters. The molecule has 1 aromatic heterocycles. The van der Waals surface area contributed by atoms with Crippen LogP contribution in [0.5, 0.6) is 0 Å². The van der Waals surface area contributed by atoms with Gasteiger partial charge in [0.25, 0.3) is 11.6 Å². The van der Waals surface area contributed by atoms with Crippen LogP contribution in [0.25, 0.3) is 0 Å². The predicted molar refractivity (Wildman–Crippen MR) is 83.0 cm³/mol. The number of furan rings is 1. The van der Waals surface area contributed by atoms with Crippen molar-refractivity contribution < 1.29 is 14.1 Å². The third kappa shape index (κ3) is 3.70. The molecular weight excluding hydrogens is 408 g/mol. The van der Waals surface area contributed by atoms with Crippen LogP contribution in [-0.4, -0.2) is 22.8 Å². The molecule has 2 rings (SSSR count). The van der Waals surface area contributed by atoms with Crippen LogP contribution in [0.4, 0.5) is 5.69 Å². The van der Waals surface area contributed by atoms with E-state index in [1.54, 1.807) is 19.2 Å². The van der Waals surface area contributed by atoms with Crippen molar-refractivity contribution >= 4 is 43.5 Å². The van der Waals surface area contributed by atoms with E-state index in [-0.39, 0.29) is 23.7 Å². The molecule has 21 heavy (non-hydrogen) atoms. The van der Waals surface area contributed by atoms with Gasteiger partial charge in [-0.05, 0) is 50.1 Å². The highest BCUT2D eigenvalue weighted by molar-refractivity contribution is 9.10. The van der Waals surface area contributed by atoms with Gasteiger partial charge in [-0.25, -0.2) is 0 Å². The average molecular weight is 418 g/mol. The van der Waals surface area contributed by atoms with E-state index < -0.39 is 4.92 Å². The molecule has 0 saturated heterocycles. The third-order valence-corrected chi connectivity index (χ3v) is 3.88. The first kappa shape index (κ1) is 15.7. The molecule has 8 heteroatoms. The smallest absolute Gasteiger partial charge is 0.270 e. The fourth-order valence-corrected chi connectivity index (χ4v) is 2.49. The van der Waals surface area contributed by atoms with Crippen LogP contribution in [0.3, 0.4) is 0 Å². The first-order valence-electron chi connectivity index (χ1n) is 5.82. The number of hydrogen-bond acceptors (Lipinski definition) is 4. The van der Waals surface area contributed by atoms with Crippen LogP contribution in [0.15, 0.2) is 43.9 Å². The lowest BCUT2D eigenvalue weighted by Gasteiger charge is -2.16. The maximum Gasteiger partial charge on any atom is 0.270 e. The van der Waals surface area contributed by atoms with Crippen molar-refractivity contribution in [3.05, 3.63) is 60.9 Å². The van der Waals surface area contributed by atoms with Crippen molar-refractivity contribution in [3.63, 3.8) is 0 Å². The first-order valence-corrected chi connectivity index (χ1v) is 7.40. The van der Waals surface area contributed by atoms with E-state index in [0.29, 0.717) is 14.9 Å². The Balaban J connectivity index is 2.22. The van der Waals surface area contributed by atoms with Gasteiger partial charge in [0.05, 0.1) is 17.0 Å². The highest BCUT2D eigenvalue weighted by Gasteiger charge is 2.19. The van der Waals surface area contributed by atoms with E-state index in [4.69, 9.17) is 4.42 Å². The molecular formula is C13H10Br2N2O4. The number of hydrogen-bond donors (Lipinski definition) is 0. The fourth-order valence-electron chi connectivity index (χ4n) is 1.74. The van der Waals surface area contributed by atoms with Crippen LogP contribution in [0.2, 0.25) is 0 Å². The number of non-ortho nitro benzene ring substituents is 1. The molecule has 0 saturated carbocycles. The minimum Gasteiger partial charge on any atom is -0.452 e. The lowest BCUT2D eigenvalue weighted by atomic mass is 10.2. The average Bonchev–Trinajstić information content (AvgIpc) is 2.83. The summed E-state index contributed by atoms with van der Waals surface area (Å²) in [5, 5.41) is 10.8. The highest BCUT2D eigenvalue weighted by Crippen LogP contribution is 2.24. The molecule has 0 atom stereocenters. The molecule has 1 aromatic carbocycles. The van der Waals surface area contributed by atoms with Crippen molar-refractivity contribution in [2.24, 2.45) is 0 Å². The largest absolute Gasteiger partial charge is 0.452 e. The molecule has 0 spiro atoms. The summed E-state index contributed by atoms with van der Waals surface area (Å²) >= 11 is 6.43. The number of halogens is 2. The van der Waals surface area contributed by atoms with Crippen molar-refractivity contribution in [2.45, 2.75) is 6.54 Å². The second-order valence-corrected chi connectivity index (χ2v) is 5.92. The van der Waals surface area contributed by atoms with Gasteiger partial charge in [0, 0.05) is 23.7 Å². The standard InChI is InChI=1S/C13H10Br2N2O4/c1-16(7-9-3-5-12(15)21-9)13(18)10-6-8(17(19)20)2-4-11(10)14/h2-6H,7H2,1H3. The summed E-state index contributed by atoms with van der Waals surface area (Å²) < 4.78 is 6.42. The van der Waals surface area contributed by atoms with Gasteiger partial charge in [-0.2, -0.15) is 0 Å². The minimum absolute atomic E-state index is 0.129. The molecule has 110 valence electrons. The fraction of sp³-hybridized carbons (Fsp3) is 0.154. The quantitative estimate of drug-likeness (QED) is 0.556. The van der Waals surface area contributed by atoms with Crippen LogP contribution in [0.1, 0.15) is 16.1 Å². The summed E-state index contributed by atoms with van der Waals surface area (Å²) in [6.45, 7) is 0.263. The van der Waals surface area contributed by atoms with Gasteiger partial charge in [0.2, 0.25) is 0 Å². The number of rotatable bonds is 4. The van der Waals surface area contributed by atoms with E-state index in [9.17, 15) is 14.9 Å². The summed E-state index contributed by atoms with van der Waals surface area (Å²) in [7, 11) is 1.60. The topological polar surface area (TPSA) is 76.6 Å². The maximum absolute atomic E-state index is 12.4. The lowest BCUT2D eigenvalue weighted by Crippen LogP contribution is -2.26. The van der Waals surface area contributed by atoms with Gasteiger partial charge in [-0.3, -0.25) is 14.9 Å². The Labute approximate surface area is 137 Å². The monoisotopic (exact) mass is 416 g/mol. The normalized spacial score (nSPS) is 10.4. The van der Waals surface area contributed by atoms with Gasteiger partial charge in [-0.1, -0.05) is 0 Å². The zero-order valence-electron chi connectivity index (χ0n) is 10.9. The number of carbonyl (C=O) groups is 1. The Morgan fingerprint density at radius 3 is 2.62 bits per heavy atom. The molecule has 0 N–H and O–H groups in total. The van der Waals surface area contributed by atoms with Gasteiger partial charge < -0.3 is 9.32 Å². The Hall–Kier alpha value is -1.67. The zero-order chi connectivity index (χ0) is 15.6. The molecule has 1 heterocycles. The number of nitro groups is 1. The maximum atomic E-state index is 12.4. The van der Waals surface area contributed by atoms with Gasteiger partial charge in [0.15, 0.2) is 4.67 Å². The molecule has 1 amide bonds. The molecule has 0 aliphatic carbocycles. The second-order valence-electron chi connectivity index (χ2n) is 4.29. The van der Waals surface area contributed by atoms with E-state index in [1.165, 1.54) is 23.1 Å². The van der Waals surface area contributed by atoms with Crippen molar-refractivity contribution in [1.29, 1.82) is 0 Å².